The monoisotopic (exact) mass is 250 g/mol. The van der Waals surface area contributed by atoms with Gasteiger partial charge in [0.15, 0.2) is 0 Å². The Labute approximate surface area is 113 Å². The predicted molar refractivity (Wildman–Crippen MR) is 78.8 cm³/mol. The van der Waals surface area contributed by atoms with Gasteiger partial charge in [-0.05, 0) is 38.6 Å². The minimum atomic E-state index is 0.768. The maximum atomic E-state index is 2.76. The fourth-order valence-electron chi connectivity index (χ4n) is 3.57. The molecule has 2 heteroatoms. The first-order chi connectivity index (χ1) is 8.72. The van der Waals surface area contributed by atoms with E-state index in [0.717, 1.165) is 18.0 Å². The first kappa shape index (κ1) is 14.1. The molecule has 2 fully saturated rings. The van der Waals surface area contributed by atoms with Gasteiger partial charge in [0.25, 0.3) is 0 Å². The summed E-state index contributed by atoms with van der Waals surface area (Å²) in [5.41, 5.74) is 0. The van der Waals surface area contributed by atoms with Crippen LogP contribution in [0.1, 0.15) is 46.5 Å². The molecule has 0 saturated carbocycles. The lowest BCUT2D eigenvalue weighted by atomic mass is 9.92. The van der Waals surface area contributed by atoms with Crippen molar-refractivity contribution in [1.29, 1.82) is 0 Å². The summed E-state index contributed by atoms with van der Waals surface area (Å²) in [7, 11) is 0. The lowest BCUT2D eigenvalue weighted by molar-refractivity contribution is -0.00643. The van der Waals surface area contributed by atoms with Crippen molar-refractivity contribution in [2.75, 3.05) is 26.2 Å². The maximum Gasteiger partial charge on any atom is 0.0247 e. The van der Waals surface area contributed by atoms with E-state index in [4.69, 9.17) is 0 Å². The van der Waals surface area contributed by atoms with Crippen LogP contribution in [0.25, 0.3) is 0 Å². The van der Waals surface area contributed by atoms with Crippen LogP contribution < -0.4 is 0 Å². The predicted octanol–water partition coefficient (Wildman–Crippen LogP) is 3.15. The Balaban J connectivity index is 1.96. The number of nitrogens with zero attached hydrogens (tertiary/aromatic N) is 2. The number of rotatable bonds is 4. The summed E-state index contributed by atoms with van der Waals surface area (Å²) in [6.07, 6.45) is 9.99. The van der Waals surface area contributed by atoms with Crippen molar-refractivity contribution in [2.24, 2.45) is 5.92 Å². The highest BCUT2D eigenvalue weighted by atomic mass is 15.3. The van der Waals surface area contributed by atoms with E-state index in [-0.39, 0.29) is 0 Å². The third-order valence-corrected chi connectivity index (χ3v) is 4.67. The van der Waals surface area contributed by atoms with E-state index in [1.54, 1.807) is 0 Å². The van der Waals surface area contributed by atoms with Gasteiger partial charge in [0.1, 0.15) is 0 Å². The van der Waals surface area contributed by atoms with Gasteiger partial charge in [-0.15, -0.1) is 0 Å². The fraction of sp³-hybridized carbons (Fsp3) is 0.875. The van der Waals surface area contributed by atoms with Gasteiger partial charge in [-0.3, -0.25) is 9.80 Å². The third-order valence-electron chi connectivity index (χ3n) is 4.67. The largest absolute Gasteiger partial charge is 0.298 e. The number of fused-ring (bicyclic) bond motifs is 1. The zero-order valence-electron chi connectivity index (χ0n) is 12.4. The van der Waals surface area contributed by atoms with Gasteiger partial charge >= 0.3 is 0 Å². The average Bonchev–Trinajstić information content (AvgIpc) is 2.38. The Bertz CT molecular complexity index is 272. The Kier molecular flexibility index (Phi) is 5.25. The smallest absolute Gasteiger partial charge is 0.0247 e. The first-order valence-electron chi connectivity index (χ1n) is 7.81. The second kappa shape index (κ2) is 6.72. The molecule has 2 nitrogen and oxygen atoms in total. The molecule has 0 bridgehead atoms. The molecular formula is C16H30N2. The van der Waals surface area contributed by atoms with Crippen LogP contribution in [0.2, 0.25) is 0 Å². The molecular weight excluding hydrogens is 220 g/mol. The second-order valence-corrected chi connectivity index (χ2v) is 6.31. The van der Waals surface area contributed by atoms with Gasteiger partial charge in [-0.1, -0.05) is 32.4 Å². The summed E-state index contributed by atoms with van der Waals surface area (Å²) in [5.74, 6) is 0.776. The number of allylic oxidation sites excluding steroid dienone is 1. The lowest BCUT2D eigenvalue weighted by Crippen LogP contribution is -2.61. The topological polar surface area (TPSA) is 6.48 Å². The van der Waals surface area contributed by atoms with Gasteiger partial charge in [-0.2, -0.15) is 0 Å². The van der Waals surface area contributed by atoms with Crippen LogP contribution in [-0.4, -0.2) is 48.1 Å². The van der Waals surface area contributed by atoms with Gasteiger partial charge in [0.05, 0.1) is 0 Å². The normalized spacial score (nSPS) is 31.1. The summed E-state index contributed by atoms with van der Waals surface area (Å²) in [4.78, 5) is 5.53. The number of hydrogen-bond acceptors (Lipinski definition) is 2. The molecule has 0 aromatic rings. The van der Waals surface area contributed by atoms with Crippen LogP contribution in [0.5, 0.6) is 0 Å². The van der Waals surface area contributed by atoms with E-state index in [1.807, 2.05) is 0 Å². The minimum absolute atomic E-state index is 0.768. The molecule has 2 rings (SSSR count). The average molecular weight is 250 g/mol. The number of piperidine rings is 1. The molecule has 18 heavy (non-hydrogen) atoms. The standard InChI is InChI=1S/C16H30N2/c1-4-5-7-11-18-12-15-9-6-8-10-17(15)13-16(18)14(2)3/h4-5,14-16H,6-13H2,1-3H3/b5-4+. The summed E-state index contributed by atoms with van der Waals surface area (Å²) in [5, 5.41) is 0. The summed E-state index contributed by atoms with van der Waals surface area (Å²) < 4.78 is 0. The Morgan fingerprint density at radius 3 is 2.78 bits per heavy atom. The molecule has 0 aromatic heterocycles. The molecule has 104 valence electrons. The Morgan fingerprint density at radius 2 is 2.06 bits per heavy atom. The van der Waals surface area contributed by atoms with Crippen molar-refractivity contribution in [3.8, 4) is 0 Å². The van der Waals surface area contributed by atoms with Gasteiger partial charge in [0.2, 0.25) is 0 Å². The van der Waals surface area contributed by atoms with Crippen LogP contribution in [0, 0.1) is 5.92 Å². The number of piperazine rings is 1. The molecule has 2 saturated heterocycles. The van der Waals surface area contributed by atoms with E-state index < -0.39 is 0 Å². The SMILES string of the molecule is C/C=C/CCN1CC2CCCCN2CC1C(C)C. The van der Waals surface area contributed by atoms with E-state index in [2.05, 4.69) is 42.7 Å². The van der Waals surface area contributed by atoms with E-state index in [0.29, 0.717) is 0 Å². The quantitative estimate of drug-likeness (QED) is 0.707. The van der Waals surface area contributed by atoms with Gasteiger partial charge in [0, 0.05) is 31.7 Å². The van der Waals surface area contributed by atoms with Crippen LogP contribution >= 0.6 is 0 Å². The van der Waals surface area contributed by atoms with E-state index in [1.165, 1.54) is 51.9 Å². The zero-order chi connectivity index (χ0) is 13.0. The van der Waals surface area contributed by atoms with Crippen molar-refractivity contribution >= 4 is 0 Å². The summed E-state index contributed by atoms with van der Waals surface area (Å²) in [6.45, 7) is 12.1. The Hall–Kier alpha value is -0.340. The molecule has 0 spiro atoms. The lowest BCUT2D eigenvalue weighted by Gasteiger charge is -2.49. The molecule has 0 aromatic carbocycles. The molecule has 2 aliphatic heterocycles. The molecule has 0 N–H and O–H groups in total. The third kappa shape index (κ3) is 3.36. The van der Waals surface area contributed by atoms with Crippen molar-refractivity contribution < 1.29 is 0 Å². The van der Waals surface area contributed by atoms with E-state index >= 15 is 0 Å². The van der Waals surface area contributed by atoms with Crippen molar-refractivity contribution in [1.82, 2.24) is 9.80 Å². The molecule has 2 aliphatic rings. The van der Waals surface area contributed by atoms with Gasteiger partial charge < -0.3 is 0 Å². The van der Waals surface area contributed by atoms with Gasteiger partial charge in [-0.25, -0.2) is 0 Å². The highest BCUT2D eigenvalue weighted by Gasteiger charge is 2.35. The van der Waals surface area contributed by atoms with E-state index in [9.17, 15) is 0 Å². The highest BCUT2D eigenvalue weighted by molar-refractivity contribution is 4.93. The molecule has 0 radical (unpaired) electrons. The molecule has 0 amide bonds. The van der Waals surface area contributed by atoms with Crippen molar-refractivity contribution in [2.45, 2.75) is 58.5 Å². The maximum absolute atomic E-state index is 2.76. The summed E-state index contributed by atoms with van der Waals surface area (Å²) >= 11 is 0. The number of hydrogen-bond donors (Lipinski definition) is 0. The molecule has 2 heterocycles. The van der Waals surface area contributed by atoms with Crippen LogP contribution in [0.15, 0.2) is 12.2 Å². The Morgan fingerprint density at radius 1 is 1.22 bits per heavy atom. The zero-order valence-corrected chi connectivity index (χ0v) is 12.4. The van der Waals surface area contributed by atoms with Crippen molar-refractivity contribution in [3.05, 3.63) is 12.2 Å². The first-order valence-corrected chi connectivity index (χ1v) is 7.81. The minimum Gasteiger partial charge on any atom is -0.298 e. The molecule has 2 unspecified atom stereocenters. The molecule has 0 aliphatic carbocycles. The van der Waals surface area contributed by atoms with Crippen LogP contribution in [0.3, 0.4) is 0 Å². The van der Waals surface area contributed by atoms with Crippen LogP contribution in [-0.2, 0) is 0 Å². The fourth-order valence-corrected chi connectivity index (χ4v) is 3.57. The van der Waals surface area contributed by atoms with Crippen molar-refractivity contribution in [3.63, 3.8) is 0 Å². The summed E-state index contributed by atoms with van der Waals surface area (Å²) in [6, 6.07) is 1.61. The highest BCUT2D eigenvalue weighted by Crippen LogP contribution is 2.27. The second-order valence-electron chi connectivity index (χ2n) is 6.31. The molecule has 2 atom stereocenters. The van der Waals surface area contributed by atoms with Crippen LogP contribution in [0.4, 0.5) is 0 Å².